The van der Waals surface area contributed by atoms with Crippen LogP contribution in [0.1, 0.15) is 31.2 Å². The Balaban J connectivity index is 2.07. The van der Waals surface area contributed by atoms with Crippen LogP contribution in [0.4, 0.5) is 5.69 Å². The number of carbonyl (C=O) groups is 3. The molecule has 1 heterocycles. The minimum Gasteiger partial charge on any atom is -0.322 e. The van der Waals surface area contributed by atoms with Crippen LogP contribution in [0, 0.1) is 0 Å². The Morgan fingerprint density at radius 1 is 0.833 bits per heavy atom. The molecule has 0 bridgehead atoms. The summed E-state index contributed by atoms with van der Waals surface area (Å²) in [4.78, 5) is 38.4. The molecule has 1 amide bonds. The normalized spacial score (nSPS) is 11.2. The van der Waals surface area contributed by atoms with Crippen molar-refractivity contribution in [1.82, 2.24) is 0 Å². The minimum atomic E-state index is -2.24. The van der Waals surface area contributed by atoms with Gasteiger partial charge >= 0.3 is 0 Å². The zero-order chi connectivity index (χ0) is 22.1. The molecule has 0 aliphatic heterocycles. The molecule has 0 saturated heterocycles. The first kappa shape index (κ1) is 23.1. The maximum absolute atomic E-state index is 13.1. The van der Waals surface area contributed by atoms with Crippen LogP contribution in [-0.2, 0) is 4.79 Å². The van der Waals surface area contributed by atoms with Crippen LogP contribution in [0.3, 0.4) is 0 Å². The maximum Gasteiger partial charge on any atom is 0.276 e. The van der Waals surface area contributed by atoms with Gasteiger partial charge in [-0.2, -0.15) is 0 Å². The molecule has 0 atom stereocenters. The van der Waals surface area contributed by atoms with E-state index in [-0.39, 0.29) is 28.2 Å². The highest BCUT2D eigenvalue weighted by atomic mass is 35.6. The van der Waals surface area contributed by atoms with Crippen molar-refractivity contribution in [2.24, 2.45) is 0 Å². The first-order chi connectivity index (χ1) is 14.1. The summed E-state index contributed by atoms with van der Waals surface area (Å²) >= 11 is 29.9. The number of carbonyl (C=O) groups excluding carboxylic acids is 3. The Bertz CT molecular complexity index is 1150. The fourth-order valence-corrected chi connectivity index (χ4v) is 3.88. The van der Waals surface area contributed by atoms with Crippen LogP contribution in [0.25, 0.3) is 0 Å². The van der Waals surface area contributed by atoms with Gasteiger partial charge < -0.3 is 5.32 Å². The fourth-order valence-electron chi connectivity index (χ4n) is 2.54. The van der Waals surface area contributed by atoms with Gasteiger partial charge in [0.2, 0.25) is 5.78 Å². The third kappa shape index (κ3) is 5.35. The molecule has 10 heteroatoms. The van der Waals surface area contributed by atoms with Crippen LogP contribution in [0.2, 0.25) is 9.36 Å². The van der Waals surface area contributed by atoms with Crippen LogP contribution >= 0.6 is 69.3 Å². The van der Waals surface area contributed by atoms with Gasteiger partial charge in [-0.1, -0.05) is 70.1 Å². The SMILES string of the molecule is O=C(c1ccc(NC(=O)C(Cl)(Cl)Cl)c(C(=O)c2cccc(Cl)c2)c1)c1ccc(Cl)s1. The minimum absolute atomic E-state index is 0.0355. The van der Waals surface area contributed by atoms with Crippen molar-refractivity contribution in [3.05, 3.63) is 85.5 Å². The van der Waals surface area contributed by atoms with Gasteiger partial charge in [-0.15, -0.1) is 11.3 Å². The topological polar surface area (TPSA) is 63.2 Å². The number of alkyl halides is 3. The predicted octanol–water partition coefficient (Wildman–Crippen LogP) is 6.83. The van der Waals surface area contributed by atoms with Gasteiger partial charge in [0.1, 0.15) is 0 Å². The van der Waals surface area contributed by atoms with Crippen molar-refractivity contribution in [2.45, 2.75) is 3.79 Å². The van der Waals surface area contributed by atoms with E-state index in [2.05, 4.69) is 5.32 Å². The second-order valence-electron chi connectivity index (χ2n) is 5.98. The summed E-state index contributed by atoms with van der Waals surface area (Å²) in [6, 6.07) is 13.7. The average Bonchev–Trinajstić information content (AvgIpc) is 3.12. The molecule has 0 unspecified atom stereocenters. The molecular weight excluding hydrogens is 512 g/mol. The number of benzene rings is 2. The average molecular weight is 522 g/mol. The lowest BCUT2D eigenvalue weighted by atomic mass is 9.97. The summed E-state index contributed by atoms with van der Waals surface area (Å²) in [5.74, 6) is -1.75. The molecule has 0 saturated carbocycles. The van der Waals surface area contributed by atoms with Crippen molar-refractivity contribution in [1.29, 1.82) is 0 Å². The highest BCUT2D eigenvalue weighted by molar-refractivity contribution is 7.18. The number of hydrogen-bond acceptors (Lipinski definition) is 4. The molecule has 2 aromatic carbocycles. The number of nitrogens with one attached hydrogen (secondary N) is 1. The molecule has 0 radical (unpaired) electrons. The van der Waals surface area contributed by atoms with Gasteiger partial charge in [0.15, 0.2) is 5.78 Å². The van der Waals surface area contributed by atoms with E-state index in [1.165, 1.54) is 24.3 Å². The second-order valence-corrected chi connectivity index (χ2v) is 10.4. The molecule has 30 heavy (non-hydrogen) atoms. The zero-order valence-corrected chi connectivity index (χ0v) is 19.3. The quantitative estimate of drug-likeness (QED) is 0.296. The van der Waals surface area contributed by atoms with E-state index in [1.807, 2.05) is 0 Å². The third-order valence-electron chi connectivity index (χ3n) is 3.92. The molecule has 154 valence electrons. The molecule has 0 spiro atoms. The number of rotatable bonds is 5. The van der Waals surface area contributed by atoms with Gasteiger partial charge in [0.25, 0.3) is 9.70 Å². The van der Waals surface area contributed by atoms with Gasteiger partial charge in [-0.3, -0.25) is 14.4 Å². The molecule has 3 aromatic rings. The van der Waals surface area contributed by atoms with Gasteiger partial charge in [0.05, 0.1) is 14.9 Å². The molecule has 3 rings (SSSR count). The van der Waals surface area contributed by atoms with Crippen molar-refractivity contribution in [3.63, 3.8) is 0 Å². The molecule has 0 aliphatic rings. The van der Waals surface area contributed by atoms with E-state index >= 15 is 0 Å². The van der Waals surface area contributed by atoms with Crippen molar-refractivity contribution in [3.8, 4) is 0 Å². The Kier molecular flexibility index (Phi) is 7.13. The lowest BCUT2D eigenvalue weighted by Crippen LogP contribution is -2.28. The van der Waals surface area contributed by atoms with E-state index in [9.17, 15) is 14.4 Å². The Labute approximate surface area is 200 Å². The van der Waals surface area contributed by atoms with Gasteiger partial charge in [0, 0.05) is 21.7 Å². The van der Waals surface area contributed by atoms with Crippen LogP contribution in [0.5, 0.6) is 0 Å². The molecular formula is C20H10Cl5NO3S. The number of halogens is 5. The van der Waals surface area contributed by atoms with E-state index in [4.69, 9.17) is 58.0 Å². The first-order valence-corrected chi connectivity index (χ1v) is 10.9. The molecule has 0 aliphatic carbocycles. The van der Waals surface area contributed by atoms with Crippen LogP contribution in [0.15, 0.2) is 54.6 Å². The lowest BCUT2D eigenvalue weighted by Gasteiger charge is -2.15. The van der Waals surface area contributed by atoms with Gasteiger partial charge in [-0.25, -0.2) is 0 Å². The Hall–Kier alpha value is -1.60. The monoisotopic (exact) mass is 519 g/mol. The number of hydrogen-bond donors (Lipinski definition) is 1. The highest BCUT2D eigenvalue weighted by Crippen LogP contribution is 2.31. The van der Waals surface area contributed by atoms with Crippen LogP contribution < -0.4 is 5.32 Å². The fraction of sp³-hybridized carbons (Fsp3) is 0.0500. The van der Waals surface area contributed by atoms with E-state index in [1.54, 1.807) is 30.3 Å². The predicted molar refractivity (Wildman–Crippen MR) is 123 cm³/mol. The summed E-state index contributed by atoms with van der Waals surface area (Å²) in [5, 5.41) is 2.76. The standard InChI is InChI=1S/C20H10Cl5NO3S/c21-12-3-1-2-10(8-12)17(27)13-9-11(18(28)15-6-7-16(22)30-15)4-5-14(13)26-19(29)20(23,24)25/h1-9H,(H,26,29). The van der Waals surface area contributed by atoms with Crippen molar-refractivity contribution < 1.29 is 14.4 Å². The number of anilines is 1. The molecule has 1 N–H and O–H groups in total. The van der Waals surface area contributed by atoms with E-state index in [0.29, 0.717) is 14.2 Å². The summed E-state index contributed by atoms with van der Waals surface area (Å²) in [6.07, 6.45) is 0. The lowest BCUT2D eigenvalue weighted by molar-refractivity contribution is -0.115. The third-order valence-corrected chi connectivity index (χ3v) is 5.90. The number of amides is 1. The van der Waals surface area contributed by atoms with Gasteiger partial charge in [-0.05, 0) is 42.5 Å². The zero-order valence-electron chi connectivity index (χ0n) is 14.7. The Morgan fingerprint density at radius 2 is 1.53 bits per heavy atom. The van der Waals surface area contributed by atoms with E-state index in [0.717, 1.165) is 11.3 Å². The summed E-state index contributed by atoms with van der Waals surface area (Å²) in [7, 11) is 0. The first-order valence-electron chi connectivity index (χ1n) is 8.19. The highest BCUT2D eigenvalue weighted by Gasteiger charge is 2.32. The summed E-state index contributed by atoms with van der Waals surface area (Å²) in [5.41, 5.74) is 0.604. The summed E-state index contributed by atoms with van der Waals surface area (Å²) < 4.78 is -1.78. The van der Waals surface area contributed by atoms with Crippen LogP contribution in [-0.4, -0.2) is 21.3 Å². The second kappa shape index (κ2) is 9.27. The molecule has 1 aromatic heterocycles. The van der Waals surface area contributed by atoms with E-state index < -0.39 is 15.5 Å². The molecule has 0 fully saturated rings. The van der Waals surface area contributed by atoms with Crippen molar-refractivity contribution in [2.75, 3.05) is 5.32 Å². The molecule has 4 nitrogen and oxygen atoms in total. The maximum atomic E-state index is 13.1. The largest absolute Gasteiger partial charge is 0.322 e. The van der Waals surface area contributed by atoms with Crippen molar-refractivity contribution >= 4 is 92.5 Å². The number of thiophene rings is 1. The number of ketones is 2. The smallest absolute Gasteiger partial charge is 0.276 e. The summed E-state index contributed by atoms with van der Waals surface area (Å²) in [6.45, 7) is 0. The Morgan fingerprint density at radius 3 is 2.13 bits per heavy atom.